The van der Waals surface area contributed by atoms with Crippen molar-refractivity contribution >= 4 is 0 Å². The molecule has 1 N–H and O–H groups in total. The van der Waals surface area contributed by atoms with Crippen molar-refractivity contribution < 1.29 is 13.2 Å². The standard InChI is InChI=1S/C11H12F3N5/c1-19-17-10(16-18-19)6-15-5-7-2-3-8(11(13)14)9(12)4-7/h2-4,11,15H,5-6H2,1H3. The minimum atomic E-state index is -2.80. The highest BCUT2D eigenvalue weighted by Crippen LogP contribution is 2.22. The van der Waals surface area contributed by atoms with Gasteiger partial charge in [-0.15, -0.1) is 10.2 Å². The van der Waals surface area contributed by atoms with E-state index in [2.05, 4.69) is 20.7 Å². The lowest BCUT2D eigenvalue weighted by Crippen LogP contribution is -2.14. The fraction of sp³-hybridized carbons (Fsp3) is 0.364. The molecular formula is C11H12F3N5. The molecule has 0 aliphatic heterocycles. The largest absolute Gasteiger partial charge is 0.306 e. The lowest BCUT2D eigenvalue weighted by Gasteiger charge is -2.06. The van der Waals surface area contributed by atoms with Crippen LogP contribution in [-0.2, 0) is 20.1 Å². The highest BCUT2D eigenvalue weighted by atomic mass is 19.3. The third kappa shape index (κ3) is 3.50. The molecule has 0 unspecified atom stereocenters. The van der Waals surface area contributed by atoms with Gasteiger partial charge in [-0.1, -0.05) is 12.1 Å². The highest BCUT2D eigenvalue weighted by Gasteiger charge is 2.13. The van der Waals surface area contributed by atoms with E-state index in [9.17, 15) is 13.2 Å². The number of benzene rings is 1. The number of hydrogen-bond donors (Lipinski definition) is 1. The summed E-state index contributed by atoms with van der Waals surface area (Å²) in [5, 5.41) is 14.4. The van der Waals surface area contributed by atoms with Crippen molar-refractivity contribution in [2.45, 2.75) is 19.5 Å². The maximum atomic E-state index is 13.3. The normalized spacial score (nSPS) is 11.2. The number of nitrogens with one attached hydrogen (secondary N) is 1. The molecule has 0 amide bonds. The average Bonchev–Trinajstić information content (AvgIpc) is 2.75. The molecule has 0 saturated heterocycles. The number of halogens is 3. The van der Waals surface area contributed by atoms with Gasteiger partial charge >= 0.3 is 0 Å². The Morgan fingerprint density at radius 1 is 1.32 bits per heavy atom. The zero-order valence-corrected chi connectivity index (χ0v) is 10.1. The van der Waals surface area contributed by atoms with E-state index in [1.807, 2.05) is 0 Å². The molecule has 8 heteroatoms. The van der Waals surface area contributed by atoms with Crippen LogP contribution < -0.4 is 5.32 Å². The molecule has 0 bridgehead atoms. The molecule has 1 heterocycles. The van der Waals surface area contributed by atoms with Gasteiger partial charge in [0.1, 0.15) is 5.82 Å². The number of aromatic nitrogens is 4. The molecule has 0 aliphatic rings. The van der Waals surface area contributed by atoms with Crippen LogP contribution in [0.3, 0.4) is 0 Å². The Morgan fingerprint density at radius 3 is 2.68 bits per heavy atom. The summed E-state index contributed by atoms with van der Waals surface area (Å²) in [5.41, 5.74) is -0.00914. The van der Waals surface area contributed by atoms with E-state index in [1.165, 1.54) is 10.9 Å². The fourth-order valence-electron chi connectivity index (χ4n) is 1.57. The predicted octanol–water partition coefficient (Wildman–Crippen LogP) is 1.58. The molecule has 0 aliphatic carbocycles. The van der Waals surface area contributed by atoms with Gasteiger partial charge in [0.2, 0.25) is 0 Å². The van der Waals surface area contributed by atoms with Gasteiger partial charge in [-0.2, -0.15) is 4.80 Å². The molecule has 0 saturated carbocycles. The molecule has 0 radical (unpaired) electrons. The molecule has 0 fully saturated rings. The fourth-order valence-corrected chi connectivity index (χ4v) is 1.57. The Kier molecular flexibility index (Phi) is 4.10. The Bertz CT molecular complexity index is 555. The molecule has 2 aromatic rings. The van der Waals surface area contributed by atoms with Gasteiger partial charge in [-0.3, -0.25) is 0 Å². The third-order valence-corrected chi connectivity index (χ3v) is 2.46. The van der Waals surface area contributed by atoms with Crippen LogP contribution in [0.1, 0.15) is 23.4 Å². The van der Waals surface area contributed by atoms with Gasteiger partial charge < -0.3 is 5.32 Å². The molecular weight excluding hydrogens is 259 g/mol. The van der Waals surface area contributed by atoms with Crippen LogP contribution in [0.15, 0.2) is 18.2 Å². The van der Waals surface area contributed by atoms with Gasteiger partial charge in [0.05, 0.1) is 19.2 Å². The summed E-state index contributed by atoms with van der Waals surface area (Å²) in [7, 11) is 1.65. The van der Waals surface area contributed by atoms with Crippen LogP contribution in [0.5, 0.6) is 0 Å². The van der Waals surface area contributed by atoms with E-state index in [-0.39, 0.29) is 0 Å². The number of nitrogens with zero attached hydrogens (tertiary/aromatic N) is 4. The molecule has 1 aromatic heterocycles. The van der Waals surface area contributed by atoms with Crippen LogP contribution in [0.4, 0.5) is 13.2 Å². The van der Waals surface area contributed by atoms with Crippen molar-refractivity contribution in [2.75, 3.05) is 0 Å². The first-order valence-corrected chi connectivity index (χ1v) is 5.56. The van der Waals surface area contributed by atoms with E-state index < -0.39 is 17.8 Å². The lowest BCUT2D eigenvalue weighted by molar-refractivity contribution is 0.146. The van der Waals surface area contributed by atoms with Crippen LogP contribution in [0.25, 0.3) is 0 Å². The van der Waals surface area contributed by atoms with Crippen LogP contribution in [0, 0.1) is 5.82 Å². The molecule has 19 heavy (non-hydrogen) atoms. The molecule has 5 nitrogen and oxygen atoms in total. The summed E-state index contributed by atoms with van der Waals surface area (Å²) >= 11 is 0. The van der Waals surface area contributed by atoms with E-state index in [1.54, 1.807) is 7.05 Å². The predicted molar refractivity (Wildman–Crippen MR) is 60.7 cm³/mol. The molecule has 102 valence electrons. The minimum absolute atomic E-state index is 0.332. The summed E-state index contributed by atoms with van der Waals surface area (Å²) in [6.07, 6.45) is -2.80. The third-order valence-electron chi connectivity index (χ3n) is 2.46. The minimum Gasteiger partial charge on any atom is -0.306 e. The Hall–Kier alpha value is -1.96. The van der Waals surface area contributed by atoms with Crippen LogP contribution >= 0.6 is 0 Å². The molecule has 0 atom stereocenters. The van der Waals surface area contributed by atoms with Gasteiger partial charge in [0, 0.05) is 6.54 Å². The Morgan fingerprint density at radius 2 is 2.11 bits per heavy atom. The van der Waals surface area contributed by atoms with Crippen molar-refractivity contribution in [1.82, 2.24) is 25.5 Å². The van der Waals surface area contributed by atoms with E-state index in [0.29, 0.717) is 24.5 Å². The molecule has 1 aromatic carbocycles. The maximum absolute atomic E-state index is 13.3. The number of alkyl halides is 2. The zero-order chi connectivity index (χ0) is 13.8. The van der Waals surface area contributed by atoms with Gasteiger partial charge in [0.25, 0.3) is 6.43 Å². The quantitative estimate of drug-likeness (QED) is 0.897. The maximum Gasteiger partial charge on any atom is 0.266 e. The first kappa shape index (κ1) is 13.5. The van der Waals surface area contributed by atoms with Crippen molar-refractivity contribution in [3.8, 4) is 0 Å². The van der Waals surface area contributed by atoms with Gasteiger partial charge in [-0.05, 0) is 16.8 Å². The molecule has 0 spiro atoms. The van der Waals surface area contributed by atoms with E-state index in [4.69, 9.17) is 0 Å². The summed E-state index contributed by atoms with van der Waals surface area (Å²) in [4.78, 5) is 1.33. The first-order valence-electron chi connectivity index (χ1n) is 5.56. The Labute approximate surface area is 107 Å². The van der Waals surface area contributed by atoms with Crippen molar-refractivity contribution in [1.29, 1.82) is 0 Å². The first-order chi connectivity index (χ1) is 9.06. The summed E-state index contributed by atoms with van der Waals surface area (Å²) in [5.74, 6) is -0.390. The summed E-state index contributed by atoms with van der Waals surface area (Å²) in [6, 6.07) is 3.65. The zero-order valence-electron chi connectivity index (χ0n) is 10.1. The number of tetrazole rings is 1. The molecule has 2 rings (SSSR count). The van der Waals surface area contributed by atoms with E-state index >= 15 is 0 Å². The highest BCUT2D eigenvalue weighted by molar-refractivity contribution is 5.25. The van der Waals surface area contributed by atoms with Crippen molar-refractivity contribution in [2.24, 2.45) is 7.05 Å². The van der Waals surface area contributed by atoms with Crippen LogP contribution in [0.2, 0.25) is 0 Å². The van der Waals surface area contributed by atoms with Crippen molar-refractivity contribution in [3.63, 3.8) is 0 Å². The van der Waals surface area contributed by atoms with Gasteiger partial charge in [-0.25, -0.2) is 13.2 Å². The SMILES string of the molecule is Cn1nnc(CNCc2ccc(C(F)F)c(F)c2)n1. The number of hydrogen-bond acceptors (Lipinski definition) is 4. The summed E-state index contributed by atoms with van der Waals surface area (Å²) in [6.45, 7) is 0.699. The Balaban J connectivity index is 1.91. The second kappa shape index (κ2) is 5.79. The number of aryl methyl sites for hydroxylation is 1. The monoisotopic (exact) mass is 271 g/mol. The summed E-state index contributed by atoms with van der Waals surface area (Å²) < 4.78 is 38.0. The second-order valence-corrected chi connectivity index (χ2v) is 3.96. The smallest absolute Gasteiger partial charge is 0.266 e. The van der Waals surface area contributed by atoms with Gasteiger partial charge in [0.15, 0.2) is 5.82 Å². The topological polar surface area (TPSA) is 55.6 Å². The van der Waals surface area contributed by atoms with E-state index in [0.717, 1.165) is 12.1 Å². The number of rotatable bonds is 5. The lowest BCUT2D eigenvalue weighted by atomic mass is 10.1. The van der Waals surface area contributed by atoms with Crippen LogP contribution in [-0.4, -0.2) is 20.2 Å². The average molecular weight is 271 g/mol. The second-order valence-electron chi connectivity index (χ2n) is 3.96. The van der Waals surface area contributed by atoms with Crippen molar-refractivity contribution in [3.05, 3.63) is 41.0 Å².